The molecule has 0 saturated carbocycles. The van der Waals surface area contributed by atoms with E-state index in [0.29, 0.717) is 5.54 Å². The molecule has 0 bridgehead atoms. The Bertz CT molecular complexity index is 140. The summed E-state index contributed by atoms with van der Waals surface area (Å²) in [5.74, 6) is 0. The van der Waals surface area contributed by atoms with Gasteiger partial charge in [0.25, 0.3) is 0 Å². The lowest BCUT2D eigenvalue weighted by atomic mass is 10.0. The number of thiocarbonyl (C=S) groups is 1. The van der Waals surface area contributed by atoms with E-state index in [1.54, 1.807) is 0 Å². The summed E-state index contributed by atoms with van der Waals surface area (Å²) in [4.78, 5) is 3.31. The van der Waals surface area contributed by atoms with Crippen LogP contribution in [0.4, 0.5) is 0 Å². The standard InChI is InChI=1S/C7H13NS/c1-7(2)5-4-6(9)8(7)3/h4-5H2,1-3H3. The van der Waals surface area contributed by atoms with Crippen molar-refractivity contribution in [3.63, 3.8) is 0 Å². The summed E-state index contributed by atoms with van der Waals surface area (Å²) in [6.07, 6.45) is 2.31. The number of hydrogen-bond donors (Lipinski definition) is 0. The molecule has 0 N–H and O–H groups in total. The molecule has 0 unspecified atom stereocenters. The second kappa shape index (κ2) is 1.94. The molecule has 0 aliphatic carbocycles. The van der Waals surface area contributed by atoms with Gasteiger partial charge in [-0.2, -0.15) is 0 Å². The Morgan fingerprint density at radius 3 is 2.22 bits per heavy atom. The zero-order valence-corrected chi connectivity index (χ0v) is 7.09. The SMILES string of the molecule is CN1C(=S)CCC1(C)C. The quantitative estimate of drug-likeness (QED) is 0.476. The topological polar surface area (TPSA) is 3.24 Å². The van der Waals surface area contributed by atoms with Gasteiger partial charge in [0.2, 0.25) is 0 Å². The van der Waals surface area contributed by atoms with E-state index in [1.807, 2.05) is 0 Å². The molecule has 1 rings (SSSR count). The van der Waals surface area contributed by atoms with Crippen LogP contribution in [0.5, 0.6) is 0 Å². The first-order valence-corrected chi connectivity index (χ1v) is 3.71. The smallest absolute Gasteiger partial charge is 0.0782 e. The van der Waals surface area contributed by atoms with Crippen LogP contribution in [0.3, 0.4) is 0 Å². The van der Waals surface area contributed by atoms with Crippen molar-refractivity contribution in [2.24, 2.45) is 0 Å². The number of nitrogens with zero attached hydrogens (tertiary/aromatic N) is 1. The van der Waals surface area contributed by atoms with E-state index in [1.165, 1.54) is 6.42 Å². The highest BCUT2D eigenvalue weighted by molar-refractivity contribution is 7.80. The molecule has 0 aromatic rings. The van der Waals surface area contributed by atoms with Crippen LogP contribution < -0.4 is 0 Å². The normalized spacial score (nSPS) is 25.2. The van der Waals surface area contributed by atoms with Gasteiger partial charge >= 0.3 is 0 Å². The van der Waals surface area contributed by atoms with E-state index in [2.05, 4.69) is 25.8 Å². The van der Waals surface area contributed by atoms with Gasteiger partial charge in [-0.15, -0.1) is 0 Å². The van der Waals surface area contributed by atoms with E-state index < -0.39 is 0 Å². The van der Waals surface area contributed by atoms with Gasteiger partial charge in [0.15, 0.2) is 0 Å². The van der Waals surface area contributed by atoms with Crippen LogP contribution in [0.2, 0.25) is 0 Å². The molecule has 0 spiro atoms. The minimum atomic E-state index is 0.317. The molecule has 1 fully saturated rings. The van der Waals surface area contributed by atoms with E-state index in [4.69, 9.17) is 12.2 Å². The van der Waals surface area contributed by atoms with Gasteiger partial charge in [0.05, 0.1) is 4.99 Å². The van der Waals surface area contributed by atoms with Gasteiger partial charge in [0.1, 0.15) is 0 Å². The Labute approximate surface area is 62.0 Å². The Morgan fingerprint density at radius 2 is 2.11 bits per heavy atom. The first-order chi connectivity index (χ1) is 4.04. The minimum absolute atomic E-state index is 0.317. The van der Waals surface area contributed by atoms with Crippen LogP contribution in [0.15, 0.2) is 0 Å². The lowest BCUT2D eigenvalue weighted by Crippen LogP contribution is -2.36. The van der Waals surface area contributed by atoms with E-state index in [9.17, 15) is 0 Å². The third kappa shape index (κ3) is 1.08. The predicted octanol–water partition coefficient (Wildman–Crippen LogP) is 1.82. The first kappa shape index (κ1) is 7.00. The molecule has 52 valence electrons. The monoisotopic (exact) mass is 143 g/mol. The van der Waals surface area contributed by atoms with Gasteiger partial charge in [-0.3, -0.25) is 0 Å². The van der Waals surface area contributed by atoms with E-state index in [-0.39, 0.29) is 0 Å². The van der Waals surface area contributed by atoms with Gasteiger partial charge in [0, 0.05) is 19.0 Å². The summed E-state index contributed by atoms with van der Waals surface area (Å²) in [7, 11) is 2.08. The third-order valence-corrected chi connectivity index (χ3v) is 2.71. The zero-order valence-electron chi connectivity index (χ0n) is 6.27. The molecule has 0 amide bonds. The van der Waals surface area contributed by atoms with Crippen molar-refractivity contribution in [2.75, 3.05) is 7.05 Å². The summed E-state index contributed by atoms with van der Waals surface area (Å²) in [6, 6.07) is 0. The summed E-state index contributed by atoms with van der Waals surface area (Å²) < 4.78 is 0. The molecule has 2 heteroatoms. The van der Waals surface area contributed by atoms with Crippen molar-refractivity contribution in [3.05, 3.63) is 0 Å². The molecule has 1 saturated heterocycles. The molecule has 1 aliphatic heterocycles. The highest BCUT2D eigenvalue weighted by Crippen LogP contribution is 2.27. The number of likely N-dealkylation sites (tertiary alicyclic amines) is 1. The van der Waals surface area contributed by atoms with Crippen molar-refractivity contribution in [1.29, 1.82) is 0 Å². The Morgan fingerprint density at radius 1 is 1.56 bits per heavy atom. The molecule has 9 heavy (non-hydrogen) atoms. The number of rotatable bonds is 0. The van der Waals surface area contributed by atoms with Crippen molar-refractivity contribution in [2.45, 2.75) is 32.2 Å². The lowest BCUT2D eigenvalue weighted by molar-refractivity contribution is 0.283. The molecule has 1 nitrogen and oxygen atoms in total. The highest BCUT2D eigenvalue weighted by Gasteiger charge is 2.31. The fourth-order valence-electron chi connectivity index (χ4n) is 1.09. The number of hydrogen-bond acceptors (Lipinski definition) is 1. The van der Waals surface area contributed by atoms with Crippen LogP contribution in [0.1, 0.15) is 26.7 Å². The average molecular weight is 143 g/mol. The van der Waals surface area contributed by atoms with Gasteiger partial charge in [-0.1, -0.05) is 12.2 Å². The van der Waals surface area contributed by atoms with Crippen LogP contribution in [-0.4, -0.2) is 22.5 Å². The average Bonchev–Trinajstić information content (AvgIpc) is 1.97. The largest absolute Gasteiger partial charge is 0.364 e. The Hall–Kier alpha value is -0.110. The van der Waals surface area contributed by atoms with E-state index in [0.717, 1.165) is 11.4 Å². The maximum absolute atomic E-state index is 5.12. The highest BCUT2D eigenvalue weighted by atomic mass is 32.1. The van der Waals surface area contributed by atoms with Crippen molar-refractivity contribution in [3.8, 4) is 0 Å². The van der Waals surface area contributed by atoms with Crippen LogP contribution in [0.25, 0.3) is 0 Å². The molecule has 0 aromatic heterocycles. The predicted molar refractivity (Wildman–Crippen MR) is 43.7 cm³/mol. The van der Waals surface area contributed by atoms with Gasteiger partial charge in [-0.25, -0.2) is 0 Å². The molecule has 1 heterocycles. The zero-order chi connectivity index (χ0) is 7.07. The fourth-order valence-corrected chi connectivity index (χ4v) is 1.44. The molecular formula is C7H13NS. The Kier molecular flexibility index (Phi) is 1.51. The maximum Gasteiger partial charge on any atom is 0.0782 e. The van der Waals surface area contributed by atoms with Crippen LogP contribution in [-0.2, 0) is 0 Å². The van der Waals surface area contributed by atoms with Gasteiger partial charge in [-0.05, 0) is 20.3 Å². The Balaban J connectivity index is 2.73. The van der Waals surface area contributed by atoms with Gasteiger partial charge < -0.3 is 4.90 Å². The van der Waals surface area contributed by atoms with E-state index >= 15 is 0 Å². The van der Waals surface area contributed by atoms with Crippen molar-refractivity contribution >= 4 is 17.2 Å². The lowest BCUT2D eigenvalue weighted by Gasteiger charge is -2.28. The minimum Gasteiger partial charge on any atom is -0.364 e. The van der Waals surface area contributed by atoms with Crippen LogP contribution in [0, 0.1) is 0 Å². The fraction of sp³-hybridized carbons (Fsp3) is 0.857. The summed E-state index contributed by atoms with van der Waals surface area (Å²) in [5, 5.41) is 0. The van der Waals surface area contributed by atoms with Crippen LogP contribution >= 0.6 is 12.2 Å². The third-order valence-electron chi connectivity index (χ3n) is 2.23. The second-order valence-corrected chi connectivity index (χ2v) is 3.74. The molecule has 0 atom stereocenters. The van der Waals surface area contributed by atoms with Crippen molar-refractivity contribution < 1.29 is 0 Å². The molecule has 1 aliphatic rings. The summed E-state index contributed by atoms with van der Waals surface area (Å²) >= 11 is 5.12. The first-order valence-electron chi connectivity index (χ1n) is 3.31. The maximum atomic E-state index is 5.12. The molecular weight excluding hydrogens is 130 g/mol. The summed E-state index contributed by atoms with van der Waals surface area (Å²) in [6.45, 7) is 4.46. The molecule has 0 radical (unpaired) electrons. The summed E-state index contributed by atoms with van der Waals surface area (Å²) in [5.41, 5.74) is 0.317. The molecule has 0 aromatic carbocycles. The second-order valence-electron chi connectivity index (χ2n) is 3.27. The van der Waals surface area contributed by atoms with Crippen molar-refractivity contribution in [1.82, 2.24) is 4.90 Å².